The second-order valence-corrected chi connectivity index (χ2v) is 7.71. The molecule has 5 rings (SSSR count). The summed E-state index contributed by atoms with van der Waals surface area (Å²) in [6.45, 7) is 0.637. The van der Waals surface area contributed by atoms with Crippen molar-refractivity contribution in [2.45, 2.75) is 31.8 Å². The number of carbonyl (C=O) groups excluding carboxylic acids is 1. The van der Waals surface area contributed by atoms with Gasteiger partial charge in [-0.3, -0.25) is 4.79 Å². The highest BCUT2D eigenvalue weighted by Gasteiger charge is 2.38. The molecule has 2 aliphatic rings. The van der Waals surface area contributed by atoms with Crippen LogP contribution in [0.5, 0.6) is 5.75 Å². The molecule has 1 N–H and O–H groups in total. The number of fused-ring (bicyclic) bond motifs is 1. The third-order valence-electron chi connectivity index (χ3n) is 5.86. The van der Waals surface area contributed by atoms with E-state index in [1.54, 1.807) is 13.4 Å². The zero-order chi connectivity index (χ0) is 20.5. The normalized spacial score (nSPS) is 18.4. The lowest BCUT2D eigenvalue weighted by Gasteiger charge is -2.34. The van der Waals surface area contributed by atoms with Crippen LogP contribution in [-0.4, -0.2) is 12.9 Å². The number of anilines is 2. The maximum Gasteiger partial charge on any atom is 0.163 e. The standard InChI is InChI=1S/C25H24N2O3/c1-29-18-13-11-17(12-14-18)16-27-21-8-3-2-6-19(21)26-20-7-4-9-22(28)24(20)25(27)23-10-5-15-30-23/h2-3,5-6,8,10-15,25-26H,4,7,9,16H2,1H3/t25-/m0/s1. The summed E-state index contributed by atoms with van der Waals surface area (Å²) in [6.07, 6.45) is 3.99. The minimum absolute atomic E-state index is 0.192. The molecule has 1 aliphatic heterocycles. The van der Waals surface area contributed by atoms with Gasteiger partial charge in [-0.1, -0.05) is 24.3 Å². The van der Waals surface area contributed by atoms with E-state index in [0.717, 1.165) is 52.6 Å². The van der Waals surface area contributed by atoms with Crippen LogP contribution in [0.3, 0.4) is 0 Å². The lowest BCUT2D eigenvalue weighted by atomic mass is 9.88. The van der Waals surface area contributed by atoms with Crippen LogP contribution >= 0.6 is 0 Å². The first-order valence-corrected chi connectivity index (χ1v) is 10.3. The Bertz CT molecular complexity index is 1080. The van der Waals surface area contributed by atoms with E-state index in [4.69, 9.17) is 9.15 Å². The van der Waals surface area contributed by atoms with Gasteiger partial charge in [0, 0.05) is 24.2 Å². The molecule has 0 saturated carbocycles. The number of ether oxygens (including phenoxy) is 1. The molecule has 5 nitrogen and oxygen atoms in total. The monoisotopic (exact) mass is 400 g/mol. The van der Waals surface area contributed by atoms with Crippen molar-refractivity contribution in [3.63, 3.8) is 0 Å². The number of hydrogen-bond donors (Lipinski definition) is 1. The summed E-state index contributed by atoms with van der Waals surface area (Å²) in [6, 6.07) is 19.9. The van der Waals surface area contributed by atoms with Gasteiger partial charge in [-0.05, 0) is 54.8 Å². The number of allylic oxidation sites excluding steroid dienone is 1. The van der Waals surface area contributed by atoms with Crippen molar-refractivity contribution in [2.75, 3.05) is 17.3 Å². The Morgan fingerprint density at radius 2 is 1.90 bits per heavy atom. The van der Waals surface area contributed by atoms with Crippen LogP contribution in [0.4, 0.5) is 11.4 Å². The Morgan fingerprint density at radius 1 is 1.07 bits per heavy atom. The molecular weight excluding hydrogens is 376 g/mol. The van der Waals surface area contributed by atoms with E-state index < -0.39 is 0 Å². The molecule has 0 radical (unpaired) electrons. The summed E-state index contributed by atoms with van der Waals surface area (Å²) in [5, 5.41) is 3.57. The van der Waals surface area contributed by atoms with E-state index in [1.165, 1.54) is 0 Å². The minimum Gasteiger partial charge on any atom is -0.497 e. The van der Waals surface area contributed by atoms with Gasteiger partial charge >= 0.3 is 0 Å². The highest BCUT2D eigenvalue weighted by Crippen LogP contribution is 2.45. The fraction of sp³-hybridized carbons (Fsp3) is 0.240. The molecule has 0 bridgehead atoms. The van der Waals surface area contributed by atoms with Crippen LogP contribution < -0.4 is 15.0 Å². The first kappa shape index (κ1) is 18.6. The number of rotatable bonds is 4. The third-order valence-corrected chi connectivity index (χ3v) is 5.86. The minimum atomic E-state index is -0.277. The van der Waals surface area contributed by atoms with Crippen molar-refractivity contribution < 1.29 is 13.9 Å². The molecule has 0 spiro atoms. The summed E-state index contributed by atoms with van der Waals surface area (Å²) in [5.74, 6) is 1.80. The average molecular weight is 400 g/mol. The van der Waals surface area contributed by atoms with Gasteiger partial charge in [-0.25, -0.2) is 0 Å². The summed E-state index contributed by atoms with van der Waals surface area (Å²) in [4.78, 5) is 15.4. The molecule has 5 heteroatoms. The molecule has 1 aliphatic carbocycles. The molecule has 2 aromatic carbocycles. The molecule has 1 atom stereocenters. The first-order chi connectivity index (χ1) is 14.7. The molecule has 0 saturated heterocycles. The topological polar surface area (TPSA) is 54.7 Å². The zero-order valence-corrected chi connectivity index (χ0v) is 16.9. The fourth-order valence-electron chi connectivity index (χ4n) is 4.44. The number of para-hydroxylation sites is 2. The lowest BCUT2D eigenvalue weighted by Crippen LogP contribution is -2.32. The number of nitrogens with zero attached hydrogens (tertiary/aromatic N) is 1. The summed E-state index contributed by atoms with van der Waals surface area (Å²) < 4.78 is 11.2. The number of Topliss-reactive ketones (excluding diaryl/α,β-unsaturated/α-hetero) is 1. The summed E-state index contributed by atoms with van der Waals surface area (Å²) in [5.41, 5.74) is 5.03. The van der Waals surface area contributed by atoms with Gasteiger partial charge in [0.25, 0.3) is 0 Å². The maximum atomic E-state index is 13.1. The Kier molecular flexibility index (Phi) is 4.79. The number of hydrogen-bond acceptors (Lipinski definition) is 5. The number of furan rings is 1. The van der Waals surface area contributed by atoms with Gasteiger partial charge in [0.1, 0.15) is 17.6 Å². The predicted octanol–water partition coefficient (Wildman–Crippen LogP) is 5.47. The second kappa shape index (κ2) is 7.75. The number of ketones is 1. The summed E-state index contributed by atoms with van der Waals surface area (Å²) in [7, 11) is 1.67. The smallest absolute Gasteiger partial charge is 0.163 e. The van der Waals surface area contributed by atoms with E-state index in [1.807, 2.05) is 36.4 Å². The van der Waals surface area contributed by atoms with Gasteiger partial charge in [-0.2, -0.15) is 0 Å². The van der Waals surface area contributed by atoms with Crippen molar-refractivity contribution in [2.24, 2.45) is 0 Å². The molecule has 152 valence electrons. The van der Waals surface area contributed by atoms with Gasteiger partial charge in [-0.15, -0.1) is 0 Å². The van der Waals surface area contributed by atoms with Gasteiger partial charge in [0.05, 0.1) is 24.7 Å². The van der Waals surface area contributed by atoms with Crippen molar-refractivity contribution in [3.05, 3.63) is 89.5 Å². The van der Waals surface area contributed by atoms with Crippen LogP contribution in [-0.2, 0) is 11.3 Å². The van der Waals surface area contributed by atoms with Crippen molar-refractivity contribution in [1.29, 1.82) is 0 Å². The van der Waals surface area contributed by atoms with E-state index >= 15 is 0 Å². The number of carbonyl (C=O) groups is 1. The molecule has 1 aromatic heterocycles. The lowest BCUT2D eigenvalue weighted by molar-refractivity contribution is -0.116. The van der Waals surface area contributed by atoms with Gasteiger partial charge in [0.2, 0.25) is 0 Å². The van der Waals surface area contributed by atoms with Crippen LogP contribution in [0.2, 0.25) is 0 Å². The van der Waals surface area contributed by atoms with Crippen LogP contribution in [0.25, 0.3) is 0 Å². The van der Waals surface area contributed by atoms with Crippen LogP contribution in [0.1, 0.15) is 36.6 Å². The highest BCUT2D eigenvalue weighted by atomic mass is 16.5. The fourth-order valence-corrected chi connectivity index (χ4v) is 4.44. The SMILES string of the molecule is COc1ccc(CN2c3ccccc3NC3=C(C(=O)CCC3)[C@@H]2c2ccco2)cc1. The Morgan fingerprint density at radius 3 is 2.67 bits per heavy atom. The van der Waals surface area contributed by atoms with Crippen molar-refractivity contribution >= 4 is 17.2 Å². The average Bonchev–Trinajstić information content (AvgIpc) is 3.26. The van der Waals surface area contributed by atoms with E-state index in [9.17, 15) is 4.79 Å². The highest BCUT2D eigenvalue weighted by molar-refractivity contribution is 6.00. The third kappa shape index (κ3) is 3.26. The van der Waals surface area contributed by atoms with Crippen molar-refractivity contribution in [3.8, 4) is 5.75 Å². The second-order valence-electron chi connectivity index (χ2n) is 7.71. The van der Waals surface area contributed by atoms with E-state index in [2.05, 4.69) is 34.5 Å². The van der Waals surface area contributed by atoms with Crippen molar-refractivity contribution in [1.82, 2.24) is 0 Å². The molecule has 3 aromatic rings. The Hall–Kier alpha value is -3.47. The molecule has 2 heterocycles. The first-order valence-electron chi connectivity index (χ1n) is 10.3. The molecular formula is C25H24N2O3. The van der Waals surface area contributed by atoms with Gasteiger partial charge < -0.3 is 19.4 Å². The van der Waals surface area contributed by atoms with Gasteiger partial charge in [0.15, 0.2) is 5.78 Å². The Labute approximate surface area is 176 Å². The zero-order valence-electron chi connectivity index (χ0n) is 16.9. The molecule has 30 heavy (non-hydrogen) atoms. The van der Waals surface area contributed by atoms with E-state index in [-0.39, 0.29) is 11.8 Å². The predicted molar refractivity (Wildman–Crippen MR) is 117 cm³/mol. The van der Waals surface area contributed by atoms with E-state index in [0.29, 0.717) is 13.0 Å². The Balaban J connectivity index is 1.67. The van der Waals surface area contributed by atoms with Crippen LogP contribution in [0.15, 0.2) is 82.6 Å². The number of nitrogens with one attached hydrogen (secondary N) is 1. The van der Waals surface area contributed by atoms with Crippen LogP contribution in [0, 0.1) is 0 Å². The molecule has 0 fully saturated rings. The largest absolute Gasteiger partial charge is 0.497 e. The number of methoxy groups -OCH3 is 1. The quantitative estimate of drug-likeness (QED) is 0.629. The molecule has 0 unspecified atom stereocenters. The number of benzene rings is 2. The summed E-state index contributed by atoms with van der Waals surface area (Å²) >= 11 is 0. The maximum absolute atomic E-state index is 13.1. The molecule has 0 amide bonds.